The Morgan fingerprint density at radius 1 is 1.35 bits per heavy atom. The van der Waals surface area contributed by atoms with E-state index >= 15 is 0 Å². The normalized spacial score (nSPS) is 10.2. The predicted molar refractivity (Wildman–Crippen MR) is 56.2 cm³/mol. The van der Waals surface area contributed by atoms with Gasteiger partial charge >= 0.3 is 0 Å². The third kappa shape index (κ3) is 2.26. The number of rotatable bonds is 2. The molecule has 0 unspecified atom stereocenters. The summed E-state index contributed by atoms with van der Waals surface area (Å²) in [6, 6.07) is 3.66. The topological polar surface area (TPSA) is 54.5 Å². The van der Waals surface area contributed by atoms with Crippen LogP contribution in [0.15, 0.2) is 28.5 Å². The summed E-state index contributed by atoms with van der Waals surface area (Å²) in [6.45, 7) is 0. The maximum absolute atomic E-state index is 13.6. The summed E-state index contributed by atoms with van der Waals surface area (Å²) >= 11 is 0.823. The van der Waals surface area contributed by atoms with E-state index in [1.54, 1.807) is 13.1 Å². The molecular formula is C10H6F2N4S. The Kier molecular flexibility index (Phi) is 3.06. The molecule has 0 bridgehead atoms. The highest BCUT2D eigenvalue weighted by atomic mass is 32.2. The van der Waals surface area contributed by atoms with Crippen molar-refractivity contribution < 1.29 is 8.78 Å². The Hall–Kier alpha value is -1.94. The fourth-order valence-electron chi connectivity index (χ4n) is 1.19. The van der Waals surface area contributed by atoms with Gasteiger partial charge in [0.25, 0.3) is 0 Å². The van der Waals surface area contributed by atoms with Crippen molar-refractivity contribution in [2.45, 2.75) is 10.1 Å². The fourth-order valence-corrected chi connectivity index (χ4v) is 1.97. The molecule has 0 radical (unpaired) electrons. The summed E-state index contributed by atoms with van der Waals surface area (Å²) in [6.07, 6.45) is 1.29. The smallest absolute Gasteiger partial charge is 0.190 e. The van der Waals surface area contributed by atoms with E-state index in [-0.39, 0.29) is 10.5 Å². The number of nitrogens with zero attached hydrogens (tertiary/aromatic N) is 4. The minimum Gasteiger partial charge on any atom is -0.244 e. The van der Waals surface area contributed by atoms with E-state index < -0.39 is 11.6 Å². The highest BCUT2D eigenvalue weighted by Crippen LogP contribution is 2.30. The average molecular weight is 252 g/mol. The number of halogens is 2. The second kappa shape index (κ2) is 4.51. The number of hydrogen-bond donors (Lipinski definition) is 0. The van der Waals surface area contributed by atoms with E-state index in [9.17, 15) is 8.78 Å². The first-order valence-corrected chi connectivity index (χ1v) is 5.34. The van der Waals surface area contributed by atoms with Gasteiger partial charge in [-0.2, -0.15) is 10.4 Å². The molecule has 0 aliphatic heterocycles. The number of aromatic nitrogens is 3. The number of benzene rings is 1. The molecule has 0 aliphatic rings. The van der Waals surface area contributed by atoms with Gasteiger partial charge in [-0.25, -0.2) is 18.4 Å². The standard InChI is InChI=1S/C10H6F2N4S/c1-16-10(14-5-15-16)17-9-7(11)2-6(4-13)3-8(9)12/h2-3,5H,1H3. The number of nitriles is 1. The van der Waals surface area contributed by atoms with Crippen molar-refractivity contribution in [3.05, 3.63) is 35.7 Å². The number of hydrogen-bond acceptors (Lipinski definition) is 4. The molecule has 0 amide bonds. The first-order chi connectivity index (χ1) is 8.11. The summed E-state index contributed by atoms with van der Waals surface area (Å²) in [5.41, 5.74) is -0.0534. The van der Waals surface area contributed by atoms with E-state index in [4.69, 9.17) is 5.26 Å². The minimum absolute atomic E-state index is 0.0534. The Bertz CT molecular complexity index is 580. The van der Waals surface area contributed by atoms with Crippen molar-refractivity contribution in [3.8, 4) is 6.07 Å². The molecule has 2 aromatic rings. The van der Waals surface area contributed by atoms with Gasteiger partial charge in [0.1, 0.15) is 18.0 Å². The summed E-state index contributed by atoms with van der Waals surface area (Å²) in [5.74, 6) is -1.57. The molecule has 1 aromatic carbocycles. The lowest BCUT2D eigenvalue weighted by molar-refractivity contribution is 0.538. The monoisotopic (exact) mass is 252 g/mol. The lowest BCUT2D eigenvalue weighted by Crippen LogP contribution is -1.95. The third-order valence-electron chi connectivity index (χ3n) is 1.99. The fraction of sp³-hybridized carbons (Fsp3) is 0.100. The van der Waals surface area contributed by atoms with Crippen LogP contribution < -0.4 is 0 Å². The summed E-state index contributed by atoms with van der Waals surface area (Å²) in [4.78, 5) is 3.66. The van der Waals surface area contributed by atoms with Crippen LogP contribution in [-0.2, 0) is 7.05 Å². The maximum Gasteiger partial charge on any atom is 0.190 e. The molecule has 1 aromatic heterocycles. The van der Waals surface area contributed by atoms with Gasteiger partial charge in [-0.15, -0.1) is 0 Å². The summed E-state index contributed by atoms with van der Waals surface area (Å²) in [7, 11) is 1.62. The zero-order chi connectivity index (χ0) is 12.4. The van der Waals surface area contributed by atoms with Crippen molar-refractivity contribution in [2.75, 3.05) is 0 Å². The molecular weight excluding hydrogens is 246 g/mol. The highest BCUT2D eigenvalue weighted by molar-refractivity contribution is 7.99. The summed E-state index contributed by atoms with van der Waals surface area (Å²) in [5, 5.41) is 12.7. The Balaban J connectivity index is 2.41. The van der Waals surface area contributed by atoms with E-state index in [0.717, 1.165) is 23.9 Å². The predicted octanol–water partition coefficient (Wildman–Crippen LogP) is 2.12. The van der Waals surface area contributed by atoms with Gasteiger partial charge in [-0.1, -0.05) is 0 Å². The van der Waals surface area contributed by atoms with E-state index in [1.807, 2.05) is 0 Å². The molecule has 2 rings (SSSR count). The zero-order valence-corrected chi connectivity index (χ0v) is 9.50. The van der Waals surface area contributed by atoms with Crippen LogP contribution in [0.2, 0.25) is 0 Å². The van der Waals surface area contributed by atoms with Gasteiger partial charge in [0.2, 0.25) is 0 Å². The molecule has 86 valence electrons. The van der Waals surface area contributed by atoms with Gasteiger partial charge < -0.3 is 0 Å². The SMILES string of the molecule is Cn1ncnc1Sc1c(F)cc(C#N)cc1F. The molecule has 0 saturated heterocycles. The molecule has 0 aliphatic carbocycles. The first-order valence-electron chi connectivity index (χ1n) is 4.53. The highest BCUT2D eigenvalue weighted by Gasteiger charge is 2.15. The van der Waals surface area contributed by atoms with Crippen LogP contribution >= 0.6 is 11.8 Å². The van der Waals surface area contributed by atoms with Gasteiger partial charge in [-0.3, -0.25) is 0 Å². The van der Waals surface area contributed by atoms with Gasteiger partial charge in [0.15, 0.2) is 5.16 Å². The molecule has 0 atom stereocenters. The van der Waals surface area contributed by atoms with Crippen LogP contribution in [0.25, 0.3) is 0 Å². The molecule has 0 spiro atoms. The minimum atomic E-state index is -0.783. The molecule has 0 saturated carbocycles. The van der Waals surface area contributed by atoms with Gasteiger partial charge in [0.05, 0.1) is 16.5 Å². The van der Waals surface area contributed by atoms with Gasteiger partial charge in [-0.05, 0) is 23.9 Å². The zero-order valence-electron chi connectivity index (χ0n) is 8.69. The molecule has 17 heavy (non-hydrogen) atoms. The van der Waals surface area contributed by atoms with Gasteiger partial charge in [0, 0.05) is 7.05 Å². The van der Waals surface area contributed by atoms with Crippen molar-refractivity contribution in [3.63, 3.8) is 0 Å². The van der Waals surface area contributed by atoms with E-state index in [1.165, 1.54) is 11.0 Å². The third-order valence-corrected chi connectivity index (χ3v) is 3.14. The first kappa shape index (κ1) is 11.5. The second-order valence-corrected chi connectivity index (χ2v) is 4.13. The van der Waals surface area contributed by atoms with Crippen LogP contribution in [0, 0.1) is 23.0 Å². The van der Waals surface area contributed by atoms with Crippen LogP contribution in [0.5, 0.6) is 0 Å². The maximum atomic E-state index is 13.6. The van der Waals surface area contributed by atoms with Crippen LogP contribution in [-0.4, -0.2) is 14.8 Å². The molecule has 0 N–H and O–H groups in total. The molecule has 1 heterocycles. The van der Waals surface area contributed by atoms with Crippen LogP contribution in [0.3, 0.4) is 0 Å². The second-order valence-electron chi connectivity index (χ2n) is 3.15. The number of aryl methyl sites for hydroxylation is 1. The van der Waals surface area contributed by atoms with Crippen LogP contribution in [0.1, 0.15) is 5.56 Å². The Morgan fingerprint density at radius 2 is 2.00 bits per heavy atom. The molecule has 0 fully saturated rings. The average Bonchev–Trinajstić information content (AvgIpc) is 2.69. The van der Waals surface area contributed by atoms with E-state index in [0.29, 0.717) is 5.16 Å². The van der Waals surface area contributed by atoms with Crippen molar-refractivity contribution in [2.24, 2.45) is 7.05 Å². The molecule has 7 heteroatoms. The quantitative estimate of drug-likeness (QED) is 0.821. The van der Waals surface area contributed by atoms with E-state index in [2.05, 4.69) is 10.1 Å². The Morgan fingerprint density at radius 3 is 2.47 bits per heavy atom. The lowest BCUT2D eigenvalue weighted by atomic mass is 10.2. The summed E-state index contributed by atoms with van der Waals surface area (Å²) < 4.78 is 28.5. The Labute approximate surface area is 99.9 Å². The largest absolute Gasteiger partial charge is 0.244 e. The van der Waals surface area contributed by atoms with Crippen molar-refractivity contribution in [1.82, 2.24) is 14.8 Å². The van der Waals surface area contributed by atoms with Crippen LogP contribution in [0.4, 0.5) is 8.78 Å². The van der Waals surface area contributed by atoms with Crippen molar-refractivity contribution in [1.29, 1.82) is 5.26 Å². The molecule has 4 nitrogen and oxygen atoms in total. The lowest BCUT2D eigenvalue weighted by Gasteiger charge is -2.04. The van der Waals surface area contributed by atoms with Crippen molar-refractivity contribution >= 4 is 11.8 Å².